The highest BCUT2D eigenvalue weighted by atomic mass is 35.5. The Morgan fingerprint density at radius 3 is 3.21 bits per heavy atom. The van der Waals surface area contributed by atoms with Crippen LogP contribution in [0.5, 0.6) is 0 Å². The van der Waals surface area contributed by atoms with Gasteiger partial charge in [0, 0.05) is 18.7 Å². The third-order valence-electron chi connectivity index (χ3n) is 3.66. The lowest BCUT2D eigenvalue weighted by Crippen LogP contribution is -2.41. The molecular formula is C12H17ClN6. The van der Waals surface area contributed by atoms with Crippen molar-refractivity contribution in [2.45, 2.75) is 25.3 Å². The summed E-state index contributed by atoms with van der Waals surface area (Å²) in [7, 11) is 2.18. The van der Waals surface area contributed by atoms with Crippen molar-refractivity contribution in [2.75, 3.05) is 25.5 Å². The van der Waals surface area contributed by atoms with E-state index in [-0.39, 0.29) is 0 Å². The number of fused-ring (bicyclic) bond motifs is 1. The first kappa shape index (κ1) is 12.6. The molecule has 0 aliphatic carbocycles. The van der Waals surface area contributed by atoms with Gasteiger partial charge in [-0.05, 0) is 26.4 Å². The first-order valence-electron chi connectivity index (χ1n) is 6.54. The zero-order valence-electron chi connectivity index (χ0n) is 10.9. The molecule has 0 amide bonds. The summed E-state index contributed by atoms with van der Waals surface area (Å²) in [5, 5.41) is 7.99. The van der Waals surface area contributed by atoms with Crippen LogP contribution < -0.4 is 5.32 Å². The molecular weight excluding hydrogens is 264 g/mol. The first-order valence-corrected chi connectivity index (χ1v) is 6.92. The molecule has 19 heavy (non-hydrogen) atoms. The van der Waals surface area contributed by atoms with Crippen LogP contribution in [0.15, 0.2) is 12.4 Å². The number of halogens is 1. The topological polar surface area (TPSA) is 58.3 Å². The molecule has 0 spiro atoms. The number of nitrogens with one attached hydrogen (secondary N) is 1. The summed E-state index contributed by atoms with van der Waals surface area (Å²) in [6.45, 7) is 2.05. The molecule has 1 saturated heterocycles. The highest BCUT2D eigenvalue weighted by molar-refractivity contribution is 6.29. The van der Waals surface area contributed by atoms with Gasteiger partial charge in [0.1, 0.15) is 17.3 Å². The second-order valence-corrected chi connectivity index (χ2v) is 5.33. The second-order valence-electron chi connectivity index (χ2n) is 4.95. The van der Waals surface area contributed by atoms with Crippen LogP contribution in [0.1, 0.15) is 19.3 Å². The average Bonchev–Trinajstić information content (AvgIpc) is 2.85. The zero-order chi connectivity index (χ0) is 13.2. The maximum absolute atomic E-state index is 5.99. The molecule has 1 atom stereocenters. The Balaban J connectivity index is 1.75. The quantitative estimate of drug-likeness (QED) is 0.867. The van der Waals surface area contributed by atoms with E-state index in [1.165, 1.54) is 32.1 Å². The maximum atomic E-state index is 5.99. The monoisotopic (exact) mass is 280 g/mol. The Bertz CT molecular complexity index is 568. The van der Waals surface area contributed by atoms with E-state index in [9.17, 15) is 0 Å². The van der Waals surface area contributed by atoms with Crippen molar-refractivity contribution in [1.82, 2.24) is 24.5 Å². The lowest BCUT2D eigenvalue weighted by atomic mass is 10.0. The summed E-state index contributed by atoms with van der Waals surface area (Å²) in [5.41, 5.74) is 0. The highest BCUT2D eigenvalue weighted by Crippen LogP contribution is 2.18. The Morgan fingerprint density at radius 1 is 1.47 bits per heavy atom. The molecule has 3 rings (SSSR count). The summed E-state index contributed by atoms with van der Waals surface area (Å²) in [5.74, 6) is 1.36. The van der Waals surface area contributed by atoms with Gasteiger partial charge in [-0.25, -0.2) is 0 Å². The second kappa shape index (κ2) is 5.30. The van der Waals surface area contributed by atoms with Gasteiger partial charge in [0.05, 0.1) is 0 Å². The van der Waals surface area contributed by atoms with Crippen molar-refractivity contribution in [1.29, 1.82) is 0 Å². The number of likely N-dealkylation sites (N-methyl/N-ethyl adjacent to an activating group) is 1. The van der Waals surface area contributed by atoms with Crippen LogP contribution >= 0.6 is 11.6 Å². The third-order valence-corrected chi connectivity index (χ3v) is 3.85. The number of aromatic nitrogens is 4. The van der Waals surface area contributed by atoms with E-state index in [4.69, 9.17) is 11.6 Å². The summed E-state index contributed by atoms with van der Waals surface area (Å²) < 4.78 is 1.68. The molecule has 7 heteroatoms. The predicted octanol–water partition coefficient (Wildman–Crippen LogP) is 1.67. The van der Waals surface area contributed by atoms with Crippen molar-refractivity contribution < 1.29 is 0 Å². The van der Waals surface area contributed by atoms with Crippen molar-refractivity contribution in [3.63, 3.8) is 0 Å². The third kappa shape index (κ3) is 2.64. The van der Waals surface area contributed by atoms with Crippen LogP contribution in [-0.2, 0) is 0 Å². The molecule has 102 valence electrons. The van der Waals surface area contributed by atoms with E-state index in [0.717, 1.165) is 12.4 Å². The fourth-order valence-corrected chi connectivity index (χ4v) is 2.71. The average molecular weight is 281 g/mol. The van der Waals surface area contributed by atoms with Crippen LogP contribution in [0.25, 0.3) is 5.78 Å². The van der Waals surface area contributed by atoms with Gasteiger partial charge in [-0.15, -0.1) is 0 Å². The molecule has 1 fully saturated rings. The molecule has 1 aliphatic heterocycles. The normalized spacial score (nSPS) is 20.8. The predicted molar refractivity (Wildman–Crippen MR) is 74.6 cm³/mol. The van der Waals surface area contributed by atoms with Crippen LogP contribution in [0.4, 0.5) is 5.82 Å². The molecule has 6 nitrogen and oxygen atoms in total. The van der Waals surface area contributed by atoms with Gasteiger partial charge in [-0.2, -0.15) is 19.6 Å². The van der Waals surface area contributed by atoms with Gasteiger partial charge < -0.3 is 10.2 Å². The molecule has 0 bridgehead atoms. The fourth-order valence-electron chi connectivity index (χ4n) is 2.53. The van der Waals surface area contributed by atoms with Gasteiger partial charge in [0.25, 0.3) is 5.78 Å². The standard InChI is InChI=1S/C12H17ClN6/c1-18-5-3-2-4-9(18)7-14-11-6-10(13)17-12-15-8-16-19(11)12/h6,8-9,14H,2-5,7H2,1H3. The molecule has 0 aromatic carbocycles. The van der Waals surface area contributed by atoms with Gasteiger partial charge >= 0.3 is 0 Å². The molecule has 0 saturated carbocycles. The summed E-state index contributed by atoms with van der Waals surface area (Å²) in [6.07, 6.45) is 5.30. The Hall–Kier alpha value is -1.40. The van der Waals surface area contributed by atoms with E-state index in [1.54, 1.807) is 10.6 Å². The van der Waals surface area contributed by atoms with Crippen LogP contribution in [0.2, 0.25) is 5.15 Å². The number of hydrogen-bond donors (Lipinski definition) is 1. The molecule has 1 aliphatic rings. The minimum Gasteiger partial charge on any atom is -0.368 e. The van der Waals surface area contributed by atoms with Gasteiger partial charge in [0.15, 0.2) is 0 Å². The van der Waals surface area contributed by atoms with E-state index >= 15 is 0 Å². The van der Waals surface area contributed by atoms with E-state index in [2.05, 4.69) is 32.3 Å². The number of piperidine rings is 1. The van der Waals surface area contributed by atoms with Crippen molar-refractivity contribution in [2.24, 2.45) is 0 Å². The summed E-state index contributed by atoms with van der Waals surface area (Å²) in [6, 6.07) is 2.34. The van der Waals surface area contributed by atoms with Crippen molar-refractivity contribution in [3.05, 3.63) is 17.5 Å². The van der Waals surface area contributed by atoms with E-state index in [1.807, 2.05) is 0 Å². The van der Waals surface area contributed by atoms with E-state index in [0.29, 0.717) is 17.0 Å². The Morgan fingerprint density at radius 2 is 2.37 bits per heavy atom. The molecule has 3 heterocycles. The Kier molecular flexibility index (Phi) is 3.52. The van der Waals surface area contributed by atoms with Gasteiger partial charge in [-0.1, -0.05) is 18.0 Å². The summed E-state index contributed by atoms with van der Waals surface area (Å²) >= 11 is 5.99. The number of anilines is 1. The molecule has 1 N–H and O–H groups in total. The molecule has 0 radical (unpaired) electrons. The lowest BCUT2D eigenvalue weighted by molar-refractivity contribution is 0.194. The Labute approximate surface area is 116 Å². The fraction of sp³-hybridized carbons (Fsp3) is 0.583. The SMILES string of the molecule is CN1CCCCC1CNc1cc(Cl)nc2ncnn12. The largest absolute Gasteiger partial charge is 0.368 e. The smallest absolute Gasteiger partial charge is 0.255 e. The molecule has 1 unspecified atom stereocenters. The van der Waals surface area contributed by atoms with Crippen LogP contribution in [0.3, 0.4) is 0 Å². The zero-order valence-corrected chi connectivity index (χ0v) is 11.6. The number of likely N-dealkylation sites (tertiary alicyclic amines) is 1. The van der Waals surface area contributed by atoms with E-state index < -0.39 is 0 Å². The maximum Gasteiger partial charge on any atom is 0.255 e. The highest BCUT2D eigenvalue weighted by Gasteiger charge is 2.19. The minimum absolute atomic E-state index is 0.431. The van der Waals surface area contributed by atoms with Crippen molar-refractivity contribution >= 4 is 23.2 Å². The number of rotatable bonds is 3. The van der Waals surface area contributed by atoms with Gasteiger partial charge in [-0.3, -0.25) is 0 Å². The minimum atomic E-state index is 0.431. The molecule has 2 aromatic heterocycles. The first-order chi connectivity index (χ1) is 9.24. The lowest BCUT2D eigenvalue weighted by Gasteiger charge is -2.32. The molecule has 2 aromatic rings. The summed E-state index contributed by atoms with van der Waals surface area (Å²) in [4.78, 5) is 10.6. The number of nitrogens with zero attached hydrogens (tertiary/aromatic N) is 5. The van der Waals surface area contributed by atoms with Crippen LogP contribution in [0, 0.1) is 0 Å². The van der Waals surface area contributed by atoms with Crippen LogP contribution in [-0.4, -0.2) is 50.7 Å². The van der Waals surface area contributed by atoms with Gasteiger partial charge in [0.2, 0.25) is 0 Å². The number of hydrogen-bond acceptors (Lipinski definition) is 5. The van der Waals surface area contributed by atoms with Crippen molar-refractivity contribution in [3.8, 4) is 0 Å².